The molecule has 1 aromatic heterocycles. The fraction of sp³-hybridized carbons (Fsp3) is 0.200. The molecule has 0 radical (unpaired) electrons. The summed E-state index contributed by atoms with van der Waals surface area (Å²) in [7, 11) is -3.94. The van der Waals surface area contributed by atoms with Gasteiger partial charge in [0.25, 0.3) is 0 Å². The Bertz CT molecular complexity index is 1090. The molecule has 0 aliphatic heterocycles. The quantitative estimate of drug-likeness (QED) is 0.522. The Morgan fingerprint density at radius 3 is 2.48 bits per heavy atom. The van der Waals surface area contributed by atoms with Crippen LogP contribution in [0.4, 0.5) is 13.2 Å². The van der Waals surface area contributed by atoms with Gasteiger partial charge >= 0.3 is 6.36 Å². The van der Waals surface area contributed by atoms with Crippen LogP contribution in [0.1, 0.15) is 12.0 Å². The van der Waals surface area contributed by atoms with E-state index in [2.05, 4.69) is 21.0 Å². The van der Waals surface area contributed by atoms with Gasteiger partial charge in [-0.3, -0.25) is 0 Å². The molecule has 154 valence electrons. The fourth-order valence-corrected chi connectivity index (χ4v) is 4.30. The first-order valence-corrected chi connectivity index (χ1v) is 10.2. The van der Waals surface area contributed by atoms with Crippen molar-refractivity contribution in [2.24, 2.45) is 0 Å². The number of hydrogen-bond acceptors (Lipinski definition) is 3. The van der Waals surface area contributed by atoms with Crippen molar-refractivity contribution in [1.82, 2.24) is 9.71 Å². The average Bonchev–Trinajstić information content (AvgIpc) is 3.04. The van der Waals surface area contributed by atoms with Gasteiger partial charge in [-0.1, -0.05) is 24.3 Å². The summed E-state index contributed by atoms with van der Waals surface area (Å²) in [5.41, 5.74) is 1.90. The molecule has 0 saturated heterocycles. The SMILES string of the molecule is C=CC[C@@H](Cc1c[nH]c2ccccc12)NS(=O)(=O)c1ccc(OC(F)(F)F)cc1. The lowest BCUT2D eigenvalue weighted by molar-refractivity contribution is -0.274. The van der Waals surface area contributed by atoms with Crippen LogP contribution in [0.25, 0.3) is 10.9 Å². The van der Waals surface area contributed by atoms with Crippen molar-refractivity contribution in [3.05, 3.63) is 72.9 Å². The minimum absolute atomic E-state index is 0.153. The number of fused-ring (bicyclic) bond motifs is 1. The molecule has 2 aromatic carbocycles. The molecule has 0 unspecified atom stereocenters. The molecule has 0 amide bonds. The third-order valence-electron chi connectivity index (χ3n) is 4.28. The zero-order valence-corrected chi connectivity index (χ0v) is 16.1. The highest BCUT2D eigenvalue weighted by Crippen LogP contribution is 2.25. The first-order chi connectivity index (χ1) is 13.7. The summed E-state index contributed by atoms with van der Waals surface area (Å²) in [6, 6.07) is 11.3. The van der Waals surface area contributed by atoms with E-state index >= 15 is 0 Å². The summed E-state index contributed by atoms with van der Waals surface area (Å²) in [6.07, 6.45) is -0.591. The third-order valence-corrected chi connectivity index (χ3v) is 5.82. The second-order valence-corrected chi connectivity index (χ2v) is 8.14. The summed E-state index contributed by atoms with van der Waals surface area (Å²) >= 11 is 0. The molecule has 1 atom stereocenters. The van der Waals surface area contributed by atoms with E-state index in [1.807, 2.05) is 30.5 Å². The predicted molar refractivity (Wildman–Crippen MR) is 104 cm³/mol. The molecular formula is C20H19F3N2O3S. The average molecular weight is 424 g/mol. The Morgan fingerprint density at radius 2 is 1.83 bits per heavy atom. The van der Waals surface area contributed by atoms with E-state index in [9.17, 15) is 21.6 Å². The van der Waals surface area contributed by atoms with Crippen LogP contribution >= 0.6 is 0 Å². The van der Waals surface area contributed by atoms with Crippen LogP contribution in [0.2, 0.25) is 0 Å². The normalized spacial score (nSPS) is 13.3. The van der Waals surface area contributed by atoms with Crippen molar-refractivity contribution in [2.45, 2.75) is 30.1 Å². The zero-order chi connectivity index (χ0) is 21.1. The lowest BCUT2D eigenvalue weighted by atomic mass is 10.0. The van der Waals surface area contributed by atoms with Crippen molar-refractivity contribution in [3.63, 3.8) is 0 Å². The summed E-state index contributed by atoms with van der Waals surface area (Å²) in [4.78, 5) is 2.99. The summed E-state index contributed by atoms with van der Waals surface area (Å²) in [5, 5.41) is 0.995. The standard InChI is InChI=1S/C20H19F3N2O3S/c1-2-5-15(12-14-13-24-19-7-4-3-6-18(14)19)25-29(26,27)17-10-8-16(9-11-17)28-20(21,22)23/h2-4,6-11,13,15,24-25H,1,5,12H2/t15-/m0/s1. The Morgan fingerprint density at radius 1 is 1.14 bits per heavy atom. The smallest absolute Gasteiger partial charge is 0.406 e. The van der Waals surface area contributed by atoms with Gasteiger partial charge in [0, 0.05) is 23.1 Å². The summed E-state index contributed by atoms with van der Waals surface area (Å²) in [5.74, 6) is -0.488. The molecular weight excluding hydrogens is 405 g/mol. The second-order valence-electron chi connectivity index (χ2n) is 6.43. The zero-order valence-electron chi connectivity index (χ0n) is 15.2. The first-order valence-electron chi connectivity index (χ1n) is 8.72. The van der Waals surface area contributed by atoms with Gasteiger partial charge < -0.3 is 9.72 Å². The maximum atomic E-state index is 12.7. The van der Waals surface area contributed by atoms with Crippen LogP contribution in [0.15, 0.2) is 72.3 Å². The van der Waals surface area contributed by atoms with Crippen molar-refractivity contribution in [2.75, 3.05) is 0 Å². The topological polar surface area (TPSA) is 71.2 Å². The van der Waals surface area contributed by atoms with Gasteiger partial charge in [0.1, 0.15) is 5.75 Å². The van der Waals surface area contributed by atoms with Crippen LogP contribution in [0.3, 0.4) is 0 Å². The van der Waals surface area contributed by atoms with E-state index in [0.29, 0.717) is 12.8 Å². The molecule has 0 bridgehead atoms. The number of H-pyrrole nitrogens is 1. The molecule has 0 saturated carbocycles. The van der Waals surface area contributed by atoms with Crippen molar-refractivity contribution < 1.29 is 26.3 Å². The van der Waals surface area contributed by atoms with E-state index in [0.717, 1.165) is 40.7 Å². The summed E-state index contributed by atoms with van der Waals surface area (Å²) < 4.78 is 68.5. The predicted octanol–water partition coefficient (Wildman–Crippen LogP) is 4.53. The number of para-hydroxylation sites is 1. The van der Waals surface area contributed by atoms with Crippen LogP contribution in [-0.4, -0.2) is 25.8 Å². The van der Waals surface area contributed by atoms with Crippen LogP contribution in [0.5, 0.6) is 5.75 Å². The van der Waals surface area contributed by atoms with Crippen LogP contribution in [-0.2, 0) is 16.4 Å². The maximum Gasteiger partial charge on any atom is 0.573 e. The van der Waals surface area contributed by atoms with E-state index in [-0.39, 0.29) is 4.90 Å². The number of hydrogen-bond donors (Lipinski definition) is 2. The molecule has 9 heteroatoms. The highest BCUT2D eigenvalue weighted by Gasteiger charge is 2.31. The number of benzene rings is 2. The van der Waals surface area contributed by atoms with Gasteiger partial charge in [-0.05, 0) is 48.7 Å². The maximum absolute atomic E-state index is 12.7. The van der Waals surface area contributed by atoms with E-state index in [1.165, 1.54) is 0 Å². The molecule has 1 heterocycles. The lowest BCUT2D eigenvalue weighted by Gasteiger charge is -2.17. The Kier molecular flexibility index (Phi) is 5.99. The molecule has 2 N–H and O–H groups in total. The van der Waals surface area contributed by atoms with Gasteiger partial charge in [-0.15, -0.1) is 19.8 Å². The van der Waals surface area contributed by atoms with Gasteiger partial charge in [-0.2, -0.15) is 0 Å². The van der Waals surface area contributed by atoms with E-state index < -0.39 is 28.2 Å². The Labute approximate surface area is 166 Å². The number of sulfonamides is 1. The van der Waals surface area contributed by atoms with Crippen molar-refractivity contribution >= 4 is 20.9 Å². The van der Waals surface area contributed by atoms with Gasteiger partial charge in [0.2, 0.25) is 10.0 Å². The number of rotatable bonds is 8. The minimum Gasteiger partial charge on any atom is -0.406 e. The Balaban J connectivity index is 1.77. The molecule has 0 aliphatic carbocycles. The molecule has 5 nitrogen and oxygen atoms in total. The molecule has 3 aromatic rings. The fourth-order valence-electron chi connectivity index (χ4n) is 3.05. The molecule has 0 fully saturated rings. The van der Waals surface area contributed by atoms with E-state index in [4.69, 9.17) is 0 Å². The second kappa shape index (κ2) is 8.30. The van der Waals surface area contributed by atoms with Gasteiger partial charge in [-0.25, -0.2) is 13.1 Å². The molecule has 0 spiro atoms. The Hall–Kier alpha value is -2.78. The van der Waals surface area contributed by atoms with Crippen molar-refractivity contribution in [3.8, 4) is 5.75 Å². The largest absolute Gasteiger partial charge is 0.573 e. The first kappa shape index (κ1) is 20.9. The molecule has 3 rings (SSSR count). The number of alkyl halides is 3. The van der Waals surface area contributed by atoms with Gasteiger partial charge in [0.15, 0.2) is 0 Å². The highest BCUT2D eigenvalue weighted by molar-refractivity contribution is 7.89. The number of aromatic nitrogens is 1. The number of aromatic amines is 1. The third kappa shape index (κ3) is 5.39. The van der Waals surface area contributed by atoms with Gasteiger partial charge in [0.05, 0.1) is 4.90 Å². The molecule has 0 aliphatic rings. The van der Waals surface area contributed by atoms with Crippen molar-refractivity contribution in [1.29, 1.82) is 0 Å². The van der Waals surface area contributed by atoms with E-state index in [1.54, 1.807) is 6.08 Å². The van der Waals surface area contributed by atoms with Crippen LogP contribution < -0.4 is 9.46 Å². The van der Waals surface area contributed by atoms with Crippen LogP contribution in [0, 0.1) is 0 Å². The number of ether oxygens (including phenoxy) is 1. The highest BCUT2D eigenvalue weighted by atomic mass is 32.2. The monoisotopic (exact) mass is 424 g/mol. The number of nitrogens with one attached hydrogen (secondary N) is 2. The number of halogens is 3. The summed E-state index contributed by atoms with van der Waals surface area (Å²) in [6.45, 7) is 3.67. The lowest BCUT2D eigenvalue weighted by Crippen LogP contribution is -2.36. The minimum atomic E-state index is -4.84. The molecule has 29 heavy (non-hydrogen) atoms.